The van der Waals surface area contributed by atoms with E-state index < -0.39 is 0 Å². The Kier molecular flexibility index (Phi) is 5.83. The molecular weight excluding hydrogens is 260 g/mol. The summed E-state index contributed by atoms with van der Waals surface area (Å²) in [6.07, 6.45) is 2.05. The molecule has 1 aliphatic rings. The van der Waals surface area contributed by atoms with Crippen LogP contribution in [-0.2, 0) is 10.2 Å². The van der Waals surface area contributed by atoms with E-state index in [9.17, 15) is 4.79 Å². The monoisotopic (exact) mass is 282 g/mol. The van der Waals surface area contributed by atoms with E-state index in [-0.39, 0.29) is 29.8 Å². The number of nitrogens with one attached hydrogen (secondary N) is 2. The summed E-state index contributed by atoms with van der Waals surface area (Å²) in [6, 6.07) is 10.3. The summed E-state index contributed by atoms with van der Waals surface area (Å²) in [5.74, 6) is 0.136. The quantitative estimate of drug-likeness (QED) is 0.889. The Hall–Kier alpha value is -1.06. The zero-order valence-corrected chi connectivity index (χ0v) is 12.4. The first-order valence-corrected chi connectivity index (χ1v) is 6.66. The molecule has 0 aliphatic carbocycles. The van der Waals surface area contributed by atoms with E-state index in [2.05, 4.69) is 36.6 Å². The Labute approximate surface area is 121 Å². The maximum atomic E-state index is 11.9. The Balaban J connectivity index is 0.00000180. The number of halogens is 1. The van der Waals surface area contributed by atoms with Crippen LogP contribution in [-0.4, -0.2) is 25.0 Å². The highest BCUT2D eigenvalue weighted by atomic mass is 35.5. The maximum Gasteiger partial charge on any atom is 0.237 e. The SMILES string of the molecule is CC(C)(CNC(=O)C1CCCN1)c1ccccc1.Cl. The Morgan fingerprint density at radius 2 is 2.05 bits per heavy atom. The summed E-state index contributed by atoms with van der Waals surface area (Å²) >= 11 is 0. The number of rotatable bonds is 4. The number of hydrogen-bond acceptors (Lipinski definition) is 2. The van der Waals surface area contributed by atoms with Crippen molar-refractivity contribution in [2.45, 2.75) is 38.1 Å². The lowest BCUT2D eigenvalue weighted by atomic mass is 9.84. The molecule has 1 heterocycles. The van der Waals surface area contributed by atoms with Gasteiger partial charge in [0.2, 0.25) is 5.91 Å². The molecule has 0 bridgehead atoms. The topological polar surface area (TPSA) is 41.1 Å². The maximum absolute atomic E-state index is 11.9. The second kappa shape index (κ2) is 6.92. The van der Waals surface area contributed by atoms with Gasteiger partial charge < -0.3 is 10.6 Å². The Morgan fingerprint density at radius 3 is 2.63 bits per heavy atom. The molecule has 1 aromatic rings. The van der Waals surface area contributed by atoms with Crippen molar-refractivity contribution in [3.63, 3.8) is 0 Å². The van der Waals surface area contributed by atoms with Crippen LogP contribution in [0.4, 0.5) is 0 Å². The van der Waals surface area contributed by atoms with Crippen LogP contribution in [0.1, 0.15) is 32.3 Å². The van der Waals surface area contributed by atoms with Gasteiger partial charge in [0.15, 0.2) is 0 Å². The number of hydrogen-bond donors (Lipinski definition) is 2. The van der Waals surface area contributed by atoms with Gasteiger partial charge >= 0.3 is 0 Å². The average Bonchev–Trinajstić information content (AvgIpc) is 2.91. The van der Waals surface area contributed by atoms with E-state index in [0.717, 1.165) is 19.4 Å². The lowest BCUT2D eigenvalue weighted by Gasteiger charge is -2.26. The fourth-order valence-electron chi connectivity index (χ4n) is 2.33. The third kappa shape index (κ3) is 4.22. The van der Waals surface area contributed by atoms with Crippen LogP contribution in [0.15, 0.2) is 30.3 Å². The second-order valence-electron chi connectivity index (χ2n) is 5.62. The fraction of sp³-hybridized carbons (Fsp3) is 0.533. The van der Waals surface area contributed by atoms with E-state index in [1.54, 1.807) is 0 Å². The summed E-state index contributed by atoms with van der Waals surface area (Å²) in [7, 11) is 0. The first-order valence-electron chi connectivity index (χ1n) is 6.66. The molecule has 0 spiro atoms. The van der Waals surface area contributed by atoms with E-state index in [1.807, 2.05) is 18.2 Å². The van der Waals surface area contributed by atoms with Gasteiger partial charge in [0.25, 0.3) is 0 Å². The smallest absolute Gasteiger partial charge is 0.237 e. The number of carbonyl (C=O) groups excluding carboxylic acids is 1. The zero-order chi connectivity index (χ0) is 13.0. The highest BCUT2D eigenvalue weighted by molar-refractivity contribution is 5.85. The highest BCUT2D eigenvalue weighted by Gasteiger charge is 2.25. The normalized spacial score (nSPS) is 18.7. The van der Waals surface area contributed by atoms with Crippen LogP contribution >= 0.6 is 12.4 Å². The molecule has 3 nitrogen and oxygen atoms in total. The third-order valence-electron chi connectivity index (χ3n) is 3.64. The van der Waals surface area contributed by atoms with Crippen molar-refractivity contribution in [1.29, 1.82) is 0 Å². The molecule has 0 radical (unpaired) electrons. The van der Waals surface area contributed by atoms with Crippen LogP contribution in [0.3, 0.4) is 0 Å². The molecule has 1 unspecified atom stereocenters. The van der Waals surface area contributed by atoms with Gasteiger partial charge in [-0.1, -0.05) is 44.2 Å². The fourth-order valence-corrected chi connectivity index (χ4v) is 2.33. The largest absolute Gasteiger partial charge is 0.354 e. The second-order valence-corrected chi connectivity index (χ2v) is 5.62. The number of benzene rings is 1. The lowest BCUT2D eigenvalue weighted by Crippen LogP contribution is -2.45. The zero-order valence-electron chi connectivity index (χ0n) is 11.6. The van der Waals surface area contributed by atoms with Gasteiger partial charge in [0.1, 0.15) is 0 Å². The van der Waals surface area contributed by atoms with Crippen molar-refractivity contribution in [1.82, 2.24) is 10.6 Å². The highest BCUT2D eigenvalue weighted by Crippen LogP contribution is 2.21. The molecule has 1 aliphatic heterocycles. The van der Waals surface area contributed by atoms with Crippen LogP contribution < -0.4 is 10.6 Å². The minimum atomic E-state index is -0.0322. The molecule has 2 rings (SSSR count). The number of carbonyl (C=O) groups is 1. The molecule has 106 valence electrons. The molecule has 0 saturated carbocycles. The molecule has 1 atom stereocenters. The first kappa shape index (κ1) is 16.0. The van der Waals surface area contributed by atoms with Crippen molar-refractivity contribution in [3.05, 3.63) is 35.9 Å². The van der Waals surface area contributed by atoms with E-state index >= 15 is 0 Å². The van der Waals surface area contributed by atoms with E-state index in [0.29, 0.717) is 6.54 Å². The first-order chi connectivity index (χ1) is 8.59. The molecule has 1 saturated heterocycles. The molecule has 1 amide bonds. The lowest BCUT2D eigenvalue weighted by molar-refractivity contribution is -0.123. The van der Waals surface area contributed by atoms with Crippen LogP contribution in [0.25, 0.3) is 0 Å². The molecule has 19 heavy (non-hydrogen) atoms. The van der Waals surface area contributed by atoms with Gasteiger partial charge in [-0.25, -0.2) is 0 Å². The molecular formula is C15H23ClN2O. The summed E-state index contributed by atoms with van der Waals surface area (Å²) in [4.78, 5) is 11.9. The van der Waals surface area contributed by atoms with Gasteiger partial charge in [0.05, 0.1) is 6.04 Å². The van der Waals surface area contributed by atoms with Crippen molar-refractivity contribution in [2.24, 2.45) is 0 Å². The summed E-state index contributed by atoms with van der Waals surface area (Å²) in [6.45, 7) is 5.95. The van der Waals surface area contributed by atoms with Crippen molar-refractivity contribution >= 4 is 18.3 Å². The van der Waals surface area contributed by atoms with Gasteiger partial charge in [-0.15, -0.1) is 12.4 Å². The molecule has 1 fully saturated rings. The predicted molar refractivity (Wildman–Crippen MR) is 80.8 cm³/mol. The molecule has 1 aromatic carbocycles. The van der Waals surface area contributed by atoms with Gasteiger partial charge in [-0.2, -0.15) is 0 Å². The van der Waals surface area contributed by atoms with Crippen LogP contribution in [0.2, 0.25) is 0 Å². The minimum absolute atomic E-state index is 0. The van der Waals surface area contributed by atoms with Crippen molar-refractivity contribution in [2.75, 3.05) is 13.1 Å². The van der Waals surface area contributed by atoms with E-state index in [1.165, 1.54) is 5.56 Å². The third-order valence-corrected chi connectivity index (χ3v) is 3.64. The molecule has 4 heteroatoms. The molecule has 0 aromatic heterocycles. The molecule has 2 N–H and O–H groups in total. The van der Waals surface area contributed by atoms with Crippen molar-refractivity contribution in [3.8, 4) is 0 Å². The summed E-state index contributed by atoms with van der Waals surface area (Å²) in [5.41, 5.74) is 1.22. The average molecular weight is 283 g/mol. The van der Waals surface area contributed by atoms with Crippen LogP contribution in [0.5, 0.6) is 0 Å². The van der Waals surface area contributed by atoms with Crippen molar-refractivity contribution < 1.29 is 4.79 Å². The Bertz CT molecular complexity index is 400. The van der Waals surface area contributed by atoms with E-state index in [4.69, 9.17) is 0 Å². The number of amides is 1. The Morgan fingerprint density at radius 1 is 1.37 bits per heavy atom. The van der Waals surface area contributed by atoms with Gasteiger partial charge in [-0.3, -0.25) is 4.79 Å². The standard InChI is InChI=1S/C15H22N2O.ClH/c1-15(2,12-7-4-3-5-8-12)11-17-14(18)13-9-6-10-16-13;/h3-5,7-8,13,16H,6,9-11H2,1-2H3,(H,17,18);1H. The van der Waals surface area contributed by atoms with Gasteiger partial charge in [0, 0.05) is 12.0 Å². The van der Waals surface area contributed by atoms with Gasteiger partial charge in [-0.05, 0) is 24.9 Å². The predicted octanol–water partition coefficient (Wildman–Crippen LogP) is 2.25. The minimum Gasteiger partial charge on any atom is -0.354 e. The summed E-state index contributed by atoms with van der Waals surface area (Å²) in [5, 5.41) is 6.28. The summed E-state index contributed by atoms with van der Waals surface area (Å²) < 4.78 is 0. The van der Waals surface area contributed by atoms with Crippen LogP contribution in [0, 0.1) is 0 Å².